The molecule has 1 aliphatic rings. The minimum absolute atomic E-state index is 0.178. The van der Waals surface area contributed by atoms with E-state index in [1.807, 2.05) is 31.2 Å². The first-order valence-corrected chi connectivity index (χ1v) is 18.3. The molecule has 1 saturated heterocycles. The Hall–Kier alpha value is -4.10. The molecule has 0 bridgehead atoms. The SMILES string of the molecule is COc1ccc(-c2cn(S(=O)(=O)c3ccc(C)cc3)c3ncc(-c4ccc(CN5CCCC(COS(C)(=O)=O)C5)cc4)cc23)cn1. The Kier molecular flexibility index (Phi) is 8.97. The van der Waals surface area contributed by atoms with Gasteiger partial charge in [-0.2, -0.15) is 8.42 Å². The topological polar surface area (TPSA) is 121 Å². The van der Waals surface area contributed by atoms with Crippen LogP contribution in [-0.4, -0.2) is 68.7 Å². The molecule has 46 heavy (non-hydrogen) atoms. The molecule has 1 atom stereocenters. The fraction of sp³-hybridized carbons (Fsp3) is 0.294. The van der Waals surface area contributed by atoms with Crippen molar-refractivity contribution in [1.82, 2.24) is 18.8 Å². The number of hydrogen-bond acceptors (Lipinski definition) is 9. The average molecular weight is 661 g/mol. The predicted molar refractivity (Wildman–Crippen MR) is 178 cm³/mol. The summed E-state index contributed by atoms with van der Waals surface area (Å²) in [7, 11) is -5.83. The van der Waals surface area contributed by atoms with Crippen LogP contribution in [0.1, 0.15) is 24.0 Å². The summed E-state index contributed by atoms with van der Waals surface area (Å²) in [5.74, 6) is 0.638. The number of hydrogen-bond donors (Lipinski definition) is 0. The van der Waals surface area contributed by atoms with Crippen molar-refractivity contribution in [2.45, 2.75) is 31.2 Å². The molecule has 10 nitrogen and oxygen atoms in total. The molecule has 1 aliphatic heterocycles. The summed E-state index contributed by atoms with van der Waals surface area (Å²) in [5.41, 5.74) is 5.65. The second-order valence-corrected chi connectivity index (χ2v) is 15.2. The highest BCUT2D eigenvalue weighted by atomic mass is 32.2. The zero-order valence-corrected chi connectivity index (χ0v) is 27.6. The maximum absolute atomic E-state index is 13.8. The molecule has 5 aromatic rings. The first kappa shape index (κ1) is 31.9. The Morgan fingerprint density at radius 2 is 1.61 bits per heavy atom. The molecule has 0 saturated carbocycles. The molecule has 0 spiro atoms. The van der Waals surface area contributed by atoms with Gasteiger partial charge >= 0.3 is 0 Å². The number of nitrogens with zero attached hydrogens (tertiary/aromatic N) is 4. The van der Waals surface area contributed by atoms with Crippen molar-refractivity contribution in [3.8, 4) is 28.1 Å². The van der Waals surface area contributed by atoms with E-state index in [9.17, 15) is 16.8 Å². The third-order valence-electron chi connectivity index (χ3n) is 8.26. The predicted octanol–water partition coefficient (Wildman–Crippen LogP) is 5.51. The third-order valence-corrected chi connectivity index (χ3v) is 10.5. The van der Waals surface area contributed by atoms with E-state index in [2.05, 4.69) is 27.0 Å². The Bertz CT molecular complexity index is 2060. The lowest BCUT2D eigenvalue weighted by Crippen LogP contribution is -2.37. The number of rotatable bonds is 10. The van der Waals surface area contributed by atoms with Crippen LogP contribution in [0, 0.1) is 12.8 Å². The summed E-state index contributed by atoms with van der Waals surface area (Å²) in [4.78, 5) is 11.5. The highest BCUT2D eigenvalue weighted by Gasteiger charge is 2.24. The van der Waals surface area contributed by atoms with Gasteiger partial charge in [-0.1, -0.05) is 42.0 Å². The number of piperidine rings is 1. The molecule has 1 fully saturated rings. The number of aryl methyl sites for hydroxylation is 1. The molecule has 0 N–H and O–H groups in total. The molecule has 0 amide bonds. The number of pyridine rings is 2. The van der Waals surface area contributed by atoms with E-state index in [0.29, 0.717) is 22.5 Å². The van der Waals surface area contributed by atoms with Crippen LogP contribution in [0.25, 0.3) is 33.3 Å². The van der Waals surface area contributed by atoms with Gasteiger partial charge in [0.15, 0.2) is 5.65 Å². The summed E-state index contributed by atoms with van der Waals surface area (Å²) >= 11 is 0. The molecule has 1 unspecified atom stereocenters. The Morgan fingerprint density at radius 1 is 0.891 bits per heavy atom. The number of fused-ring (bicyclic) bond motifs is 1. The van der Waals surface area contributed by atoms with Crippen molar-refractivity contribution < 1.29 is 25.8 Å². The van der Waals surface area contributed by atoms with Crippen LogP contribution in [-0.2, 0) is 30.9 Å². The van der Waals surface area contributed by atoms with E-state index >= 15 is 0 Å². The van der Waals surface area contributed by atoms with E-state index in [4.69, 9.17) is 8.92 Å². The van der Waals surface area contributed by atoms with Gasteiger partial charge in [-0.3, -0.25) is 9.08 Å². The minimum atomic E-state index is -3.93. The van der Waals surface area contributed by atoms with E-state index < -0.39 is 20.1 Å². The quantitative estimate of drug-likeness (QED) is 0.179. The molecular weight excluding hydrogens is 625 g/mol. The first-order valence-electron chi connectivity index (χ1n) is 15.0. The summed E-state index contributed by atoms with van der Waals surface area (Å²) in [6, 6.07) is 20.6. The van der Waals surface area contributed by atoms with Gasteiger partial charge in [0.05, 0.1) is 24.9 Å². The highest BCUT2D eigenvalue weighted by molar-refractivity contribution is 7.90. The number of likely N-dealkylation sites (tertiary alicyclic amines) is 1. The second kappa shape index (κ2) is 13.0. The lowest BCUT2D eigenvalue weighted by atomic mass is 9.98. The second-order valence-electron chi connectivity index (χ2n) is 11.8. The van der Waals surface area contributed by atoms with Gasteiger partial charge in [0.2, 0.25) is 5.88 Å². The maximum atomic E-state index is 13.8. The van der Waals surface area contributed by atoms with Crippen LogP contribution in [0.2, 0.25) is 0 Å². The van der Waals surface area contributed by atoms with Gasteiger partial charge in [0.1, 0.15) is 0 Å². The Balaban J connectivity index is 1.30. The van der Waals surface area contributed by atoms with Crippen LogP contribution in [0.5, 0.6) is 5.88 Å². The van der Waals surface area contributed by atoms with E-state index in [0.717, 1.165) is 66.5 Å². The number of methoxy groups -OCH3 is 1. The minimum Gasteiger partial charge on any atom is -0.481 e. The molecule has 0 aliphatic carbocycles. The molecule has 6 rings (SSSR count). The van der Waals surface area contributed by atoms with Crippen molar-refractivity contribution in [2.24, 2.45) is 5.92 Å². The third kappa shape index (κ3) is 7.00. The monoisotopic (exact) mass is 660 g/mol. The van der Waals surface area contributed by atoms with E-state index in [-0.39, 0.29) is 17.4 Å². The van der Waals surface area contributed by atoms with Crippen molar-refractivity contribution in [3.05, 3.63) is 96.4 Å². The van der Waals surface area contributed by atoms with Crippen LogP contribution < -0.4 is 4.74 Å². The van der Waals surface area contributed by atoms with Gasteiger partial charge in [-0.25, -0.2) is 22.4 Å². The van der Waals surface area contributed by atoms with Crippen LogP contribution in [0.3, 0.4) is 0 Å². The Labute approximate surface area is 269 Å². The summed E-state index contributed by atoms with van der Waals surface area (Å²) < 4.78 is 62.0. The summed E-state index contributed by atoms with van der Waals surface area (Å²) in [6.07, 6.45) is 8.00. The van der Waals surface area contributed by atoms with Crippen molar-refractivity contribution >= 4 is 31.2 Å². The van der Waals surface area contributed by atoms with Crippen molar-refractivity contribution in [2.75, 3.05) is 33.1 Å². The van der Waals surface area contributed by atoms with Gasteiger partial charge in [-0.05, 0) is 67.6 Å². The van der Waals surface area contributed by atoms with Gasteiger partial charge in [-0.15, -0.1) is 0 Å². The highest BCUT2D eigenvalue weighted by Crippen LogP contribution is 2.35. The largest absolute Gasteiger partial charge is 0.481 e. The molecule has 4 heterocycles. The van der Waals surface area contributed by atoms with Gasteiger partial charge in [0.25, 0.3) is 20.1 Å². The van der Waals surface area contributed by atoms with Crippen molar-refractivity contribution in [3.63, 3.8) is 0 Å². The average Bonchev–Trinajstić information content (AvgIpc) is 3.44. The van der Waals surface area contributed by atoms with E-state index in [1.165, 1.54) is 3.97 Å². The first-order chi connectivity index (χ1) is 22.0. The number of aromatic nitrogens is 3. The van der Waals surface area contributed by atoms with Gasteiger partial charge < -0.3 is 4.74 Å². The Morgan fingerprint density at radius 3 is 2.28 bits per heavy atom. The van der Waals surface area contributed by atoms with Crippen LogP contribution in [0.15, 0.2) is 90.2 Å². The maximum Gasteiger partial charge on any atom is 0.269 e. The summed E-state index contributed by atoms with van der Waals surface area (Å²) in [6.45, 7) is 4.61. The molecule has 240 valence electrons. The fourth-order valence-electron chi connectivity index (χ4n) is 5.85. The lowest BCUT2D eigenvalue weighted by molar-refractivity contribution is 0.128. The summed E-state index contributed by atoms with van der Waals surface area (Å²) in [5, 5.41) is 0.680. The molecule has 2 aromatic carbocycles. The number of ether oxygens (including phenoxy) is 1. The van der Waals surface area contributed by atoms with E-state index in [1.54, 1.807) is 56.0 Å². The van der Waals surface area contributed by atoms with Crippen LogP contribution >= 0.6 is 0 Å². The zero-order valence-electron chi connectivity index (χ0n) is 26.0. The van der Waals surface area contributed by atoms with Crippen molar-refractivity contribution in [1.29, 1.82) is 0 Å². The molecular formula is C34H36N4O6S2. The van der Waals surface area contributed by atoms with Gasteiger partial charge in [0, 0.05) is 59.8 Å². The smallest absolute Gasteiger partial charge is 0.269 e. The molecule has 3 aromatic heterocycles. The van der Waals surface area contributed by atoms with Crippen LogP contribution in [0.4, 0.5) is 0 Å². The molecule has 0 radical (unpaired) electrons. The zero-order chi connectivity index (χ0) is 32.5. The number of benzene rings is 2. The standard InChI is InChI=1S/C34H36N4O6S2/c1-24-6-13-30(14-7-24)46(41,42)38-22-32(28-12-15-33(43-2)35-18-28)31-17-29(19-36-34(31)38)27-10-8-25(9-11-27)20-37-16-4-5-26(21-37)23-44-45(3,39)40/h6-15,17-19,22,26H,4-5,16,20-21,23H2,1-3H3. The normalized spacial score (nSPS) is 16.1. The molecule has 12 heteroatoms. The fourth-order valence-corrected chi connectivity index (χ4v) is 7.61. The lowest BCUT2D eigenvalue weighted by Gasteiger charge is -2.32.